The lowest BCUT2D eigenvalue weighted by atomic mass is 10.1. The molecule has 0 aromatic carbocycles. The molecule has 0 fully saturated rings. The molecule has 0 aliphatic rings. The van der Waals surface area contributed by atoms with Crippen molar-refractivity contribution in [3.63, 3.8) is 0 Å². The van der Waals surface area contributed by atoms with E-state index in [2.05, 4.69) is 36.1 Å². The van der Waals surface area contributed by atoms with Crippen molar-refractivity contribution in [1.82, 2.24) is 0 Å². The standard InChI is InChI=1S/C18H39BrOSi/c1-4-7-9-11-13-15-17-21(19,20-6-3)18-16-14-12-10-8-5-2/h4-18H2,1-3H3. The van der Waals surface area contributed by atoms with Crippen LogP contribution in [0.4, 0.5) is 0 Å². The normalized spacial score (nSPS) is 12.0. The molecule has 0 N–H and O–H groups in total. The molecule has 1 nitrogen and oxygen atoms in total. The Morgan fingerprint density at radius 3 is 1.38 bits per heavy atom. The number of hydrogen-bond acceptors (Lipinski definition) is 1. The molecule has 0 aromatic rings. The summed E-state index contributed by atoms with van der Waals surface area (Å²) in [6.07, 6.45) is 16.6. The smallest absolute Gasteiger partial charge is 0.263 e. The van der Waals surface area contributed by atoms with Gasteiger partial charge in [0.05, 0.1) is 0 Å². The molecule has 0 amide bonds. The summed E-state index contributed by atoms with van der Waals surface area (Å²) in [6, 6.07) is 2.61. The molecule has 0 unspecified atom stereocenters. The maximum Gasteiger partial charge on any atom is 0.263 e. The Labute approximate surface area is 143 Å². The van der Waals surface area contributed by atoms with Crippen LogP contribution in [-0.4, -0.2) is 13.5 Å². The SMILES string of the molecule is CCCCCCCC[Si](Br)(CCCCCCCC)OCC. The van der Waals surface area contributed by atoms with Gasteiger partial charge in [0.2, 0.25) is 0 Å². The molecule has 0 bridgehead atoms. The zero-order valence-electron chi connectivity index (χ0n) is 14.9. The van der Waals surface area contributed by atoms with E-state index in [1.54, 1.807) is 0 Å². The van der Waals surface area contributed by atoms with Gasteiger partial charge < -0.3 is 4.43 Å². The van der Waals surface area contributed by atoms with Crippen LogP contribution in [0.15, 0.2) is 0 Å². The van der Waals surface area contributed by atoms with E-state index in [0.717, 1.165) is 6.61 Å². The molecule has 3 heteroatoms. The zero-order valence-corrected chi connectivity index (χ0v) is 17.5. The van der Waals surface area contributed by atoms with Crippen molar-refractivity contribution in [3.05, 3.63) is 0 Å². The largest absolute Gasteiger partial charge is 0.407 e. The van der Waals surface area contributed by atoms with Gasteiger partial charge in [-0.3, -0.25) is 0 Å². The van der Waals surface area contributed by atoms with Crippen LogP contribution in [0, 0.1) is 0 Å². The monoisotopic (exact) mass is 378 g/mol. The summed E-state index contributed by atoms with van der Waals surface area (Å²) < 4.78 is 6.14. The minimum atomic E-state index is -1.57. The fraction of sp³-hybridized carbons (Fsp3) is 1.00. The summed E-state index contributed by atoms with van der Waals surface area (Å²) in [7, 11) is 0. The quantitative estimate of drug-likeness (QED) is 0.153. The van der Waals surface area contributed by atoms with Crippen LogP contribution < -0.4 is 0 Å². The zero-order chi connectivity index (χ0) is 15.8. The number of unbranched alkanes of at least 4 members (excludes halogenated alkanes) is 10. The van der Waals surface area contributed by atoms with E-state index in [9.17, 15) is 0 Å². The highest BCUT2D eigenvalue weighted by Crippen LogP contribution is 2.30. The van der Waals surface area contributed by atoms with Gasteiger partial charge in [0, 0.05) is 6.61 Å². The Bertz CT molecular complexity index is 195. The summed E-state index contributed by atoms with van der Waals surface area (Å²) in [5, 5.41) is 0. The maximum absolute atomic E-state index is 6.14. The molecular weight excluding hydrogens is 340 g/mol. The molecule has 0 saturated heterocycles. The van der Waals surface area contributed by atoms with Gasteiger partial charge in [-0.15, -0.1) is 0 Å². The van der Waals surface area contributed by atoms with E-state index in [-0.39, 0.29) is 0 Å². The lowest BCUT2D eigenvalue weighted by Crippen LogP contribution is -2.30. The Morgan fingerprint density at radius 2 is 1.00 bits per heavy atom. The van der Waals surface area contributed by atoms with Crippen molar-refractivity contribution in [2.45, 2.75) is 110 Å². The van der Waals surface area contributed by atoms with Crippen molar-refractivity contribution in [3.8, 4) is 0 Å². The fourth-order valence-corrected chi connectivity index (χ4v) is 7.85. The van der Waals surface area contributed by atoms with E-state index in [0.29, 0.717) is 0 Å². The minimum Gasteiger partial charge on any atom is -0.407 e. The lowest BCUT2D eigenvalue weighted by molar-refractivity contribution is 0.333. The van der Waals surface area contributed by atoms with Gasteiger partial charge in [0.1, 0.15) is 0 Å². The van der Waals surface area contributed by atoms with E-state index in [1.807, 2.05) is 0 Å². The average molecular weight is 379 g/mol. The first kappa shape index (κ1) is 21.7. The molecule has 0 aromatic heterocycles. The van der Waals surface area contributed by atoms with Crippen LogP contribution in [0.1, 0.15) is 97.8 Å². The first-order valence-corrected chi connectivity index (χ1v) is 14.1. The average Bonchev–Trinajstić information content (AvgIpc) is 2.47. The third-order valence-electron chi connectivity index (χ3n) is 4.21. The second-order valence-electron chi connectivity index (χ2n) is 6.35. The molecule has 128 valence electrons. The Hall–Kier alpha value is 0.657. The molecule has 0 aliphatic carbocycles. The van der Waals surface area contributed by atoms with Gasteiger partial charge in [0.15, 0.2) is 0 Å². The van der Waals surface area contributed by atoms with Crippen LogP contribution in [-0.2, 0) is 4.43 Å². The second-order valence-corrected chi connectivity index (χ2v) is 13.7. The molecule has 0 aliphatic heterocycles. The number of halogens is 1. The third-order valence-corrected chi connectivity index (χ3v) is 10.3. The van der Waals surface area contributed by atoms with Gasteiger partial charge in [-0.05, 0) is 19.0 Å². The van der Waals surface area contributed by atoms with Crippen LogP contribution >= 0.6 is 15.3 Å². The topological polar surface area (TPSA) is 9.23 Å². The molecule has 0 spiro atoms. The fourth-order valence-electron chi connectivity index (χ4n) is 2.87. The van der Waals surface area contributed by atoms with Gasteiger partial charge in [-0.25, -0.2) is 0 Å². The van der Waals surface area contributed by atoms with E-state index < -0.39 is 6.94 Å². The summed E-state index contributed by atoms with van der Waals surface area (Å²) >= 11 is 4.03. The van der Waals surface area contributed by atoms with Crippen molar-refractivity contribution >= 4 is 22.2 Å². The molecule has 0 rings (SSSR count). The minimum absolute atomic E-state index is 0.878. The van der Waals surface area contributed by atoms with Crippen molar-refractivity contribution < 1.29 is 4.43 Å². The van der Waals surface area contributed by atoms with Crippen molar-refractivity contribution in [2.24, 2.45) is 0 Å². The highest BCUT2D eigenvalue weighted by molar-refractivity contribution is 9.25. The molecule has 0 atom stereocenters. The third kappa shape index (κ3) is 14.0. The predicted molar refractivity (Wildman–Crippen MR) is 103 cm³/mol. The lowest BCUT2D eigenvalue weighted by Gasteiger charge is -2.24. The molecule has 0 radical (unpaired) electrons. The molecule has 0 heterocycles. The number of hydrogen-bond donors (Lipinski definition) is 0. The first-order chi connectivity index (χ1) is 10.2. The Morgan fingerprint density at radius 1 is 0.619 bits per heavy atom. The molecule has 21 heavy (non-hydrogen) atoms. The van der Waals surface area contributed by atoms with Crippen LogP contribution in [0.3, 0.4) is 0 Å². The summed E-state index contributed by atoms with van der Waals surface area (Å²) in [4.78, 5) is 0. The molecular formula is C18H39BrOSi. The number of rotatable bonds is 16. The Kier molecular flexibility index (Phi) is 16.0. The van der Waals surface area contributed by atoms with E-state index >= 15 is 0 Å². The summed E-state index contributed by atoms with van der Waals surface area (Å²) in [5.41, 5.74) is 0. The van der Waals surface area contributed by atoms with Gasteiger partial charge in [0.25, 0.3) is 6.94 Å². The van der Waals surface area contributed by atoms with Gasteiger partial charge in [-0.1, -0.05) is 106 Å². The summed E-state index contributed by atoms with van der Waals surface area (Å²) in [6.45, 7) is 6.02. The van der Waals surface area contributed by atoms with E-state index in [1.165, 1.54) is 89.1 Å². The predicted octanol–water partition coefficient (Wildman–Crippen LogP) is 7.58. The van der Waals surface area contributed by atoms with Crippen LogP contribution in [0.5, 0.6) is 0 Å². The first-order valence-electron chi connectivity index (χ1n) is 9.51. The van der Waals surface area contributed by atoms with Crippen molar-refractivity contribution in [2.75, 3.05) is 6.61 Å². The van der Waals surface area contributed by atoms with Gasteiger partial charge >= 0.3 is 0 Å². The Balaban J connectivity index is 3.73. The summed E-state index contributed by atoms with van der Waals surface area (Å²) in [5.74, 6) is 0. The second kappa shape index (κ2) is 15.5. The van der Waals surface area contributed by atoms with Gasteiger partial charge in [-0.2, -0.15) is 0 Å². The molecule has 0 saturated carbocycles. The highest BCUT2D eigenvalue weighted by atomic mass is 79.9. The van der Waals surface area contributed by atoms with Crippen LogP contribution in [0.25, 0.3) is 0 Å². The maximum atomic E-state index is 6.14. The highest BCUT2D eigenvalue weighted by Gasteiger charge is 2.30. The van der Waals surface area contributed by atoms with Crippen molar-refractivity contribution in [1.29, 1.82) is 0 Å². The van der Waals surface area contributed by atoms with Crippen LogP contribution in [0.2, 0.25) is 12.1 Å². The van der Waals surface area contributed by atoms with E-state index in [4.69, 9.17) is 4.43 Å².